The molecule has 0 atom stereocenters. The third-order valence-corrected chi connectivity index (χ3v) is 7.46. The van der Waals surface area contributed by atoms with Gasteiger partial charge < -0.3 is 15.0 Å². The number of rotatable bonds is 7. The maximum atomic E-state index is 13.3. The minimum atomic E-state index is -3.59. The van der Waals surface area contributed by atoms with Gasteiger partial charge in [0.1, 0.15) is 0 Å². The van der Waals surface area contributed by atoms with Crippen molar-refractivity contribution in [2.75, 3.05) is 47.7 Å². The molecule has 5 rings (SSSR count). The first-order chi connectivity index (χ1) is 18.8. The van der Waals surface area contributed by atoms with Gasteiger partial charge >= 0.3 is 0 Å². The third kappa shape index (κ3) is 5.89. The molecule has 11 heteroatoms. The molecular formula is C28H28N6O4S. The normalized spacial score (nSPS) is 13.6. The van der Waals surface area contributed by atoms with Crippen LogP contribution in [0.2, 0.25) is 0 Å². The molecule has 1 saturated heterocycles. The smallest absolute Gasteiger partial charge is 0.255 e. The zero-order chi connectivity index (χ0) is 27.4. The van der Waals surface area contributed by atoms with Gasteiger partial charge in [-0.2, -0.15) is 0 Å². The van der Waals surface area contributed by atoms with Crippen molar-refractivity contribution in [3.8, 4) is 0 Å². The van der Waals surface area contributed by atoms with Crippen LogP contribution in [0.25, 0.3) is 0 Å². The van der Waals surface area contributed by atoms with Gasteiger partial charge in [0, 0.05) is 49.2 Å². The van der Waals surface area contributed by atoms with Gasteiger partial charge in [-0.05, 0) is 61.0 Å². The number of hydrogen-bond acceptors (Lipinski definition) is 9. The Balaban J connectivity index is 1.47. The van der Waals surface area contributed by atoms with Crippen molar-refractivity contribution in [1.82, 2.24) is 15.0 Å². The van der Waals surface area contributed by atoms with Crippen molar-refractivity contribution in [2.24, 2.45) is 0 Å². The predicted octanol–water partition coefficient (Wildman–Crippen LogP) is 4.14. The van der Waals surface area contributed by atoms with Gasteiger partial charge in [-0.15, -0.1) is 0 Å². The summed E-state index contributed by atoms with van der Waals surface area (Å²) in [6, 6.07) is 15.7. The lowest BCUT2D eigenvalue weighted by Crippen LogP contribution is -2.37. The molecular weight excluding hydrogens is 516 g/mol. The van der Waals surface area contributed by atoms with Crippen LogP contribution in [0.4, 0.5) is 28.7 Å². The topological polar surface area (TPSA) is 118 Å². The molecule has 3 heterocycles. The zero-order valence-corrected chi connectivity index (χ0v) is 22.4. The van der Waals surface area contributed by atoms with Crippen molar-refractivity contribution in [2.45, 2.75) is 11.8 Å². The number of amides is 1. The maximum absolute atomic E-state index is 13.3. The van der Waals surface area contributed by atoms with Gasteiger partial charge in [0.25, 0.3) is 5.91 Å². The van der Waals surface area contributed by atoms with E-state index in [9.17, 15) is 13.2 Å². The number of nitrogens with one attached hydrogen (secondary N) is 1. The van der Waals surface area contributed by atoms with E-state index in [0.717, 1.165) is 23.2 Å². The van der Waals surface area contributed by atoms with Crippen LogP contribution in [0.3, 0.4) is 0 Å². The number of sulfone groups is 1. The standard InChI is InChI=1S/C28H28N6O4S/c1-20-6-8-22(18-25(20)34(23-5-3-10-29-19-23)28-30-11-4-12-31-28)32-27(35)21-7-9-24(26(17-21)39(2,36)37)33-13-15-38-16-14-33/h3-12,17-19H,13-16H2,1-2H3,(H,32,35). The Hall–Kier alpha value is -4.35. The molecule has 1 amide bonds. The fourth-order valence-electron chi connectivity index (χ4n) is 4.40. The first kappa shape index (κ1) is 26.3. The highest BCUT2D eigenvalue weighted by Gasteiger charge is 2.23. The summed E-state index contributed by atoms with van der Waals surface area (Å²) < 4.78 is 30.7. The Bertz CT molecular complexity index is 1540. The average molecular weight is 545 g/mol. The molecule has 0 radical (unpaired) electrons. The van der Waals surface area contributed by atoms with E-state index in [-0.39, 0.29) is 10.5 Å². The van der Waals surface area contributed by atoms with Gasteiger partial charge in [0.2, 0.25) is 5.95 Å². The number of anilines is 5. The van der Waals surface area contributed by atoms with Crippen molar-refractivity contribution >= 4 is 44.4 Å². The molecule has 2 aromatic carbocycles. The average Bonchev–Trinajstić information content (AvgIpc) is 2.96. The van der Waals surface area contributed by atoms with Crippen LogP contribution >= 0.6 is 0 Å². The highest BCUT2D eigenvalue weighted by Crippen LogP contribution is 2.35. The summed E-state index contributed by atoms with van der Waals surface area (Å²) in [5.74, 6) is 0.0284. The fraction of sp³-hybridized carbons (Fsp3) is 0.214. The van der Waals surface area contributed by atoms with E-state index in [4.69, 9.17) is 4.74 Å². The molecule has 1 aliphatic heterocycles. The van der Waals surface area contributed by atoms with Crippen LogP contribution in [-0.4, -0.2) is 61.8 Å². The van der Waals surface area contributed by atoms with Gasteiger partial charge in [-0.25, -0.2) is 18.4 Å². The van der Waals surface area contributed by atoms with Crippen LogP contribution in [-0.2, 0) is 14.6 Å². The Morgan fingerprint density at radius 1 is 1.00 bits per heavy atom. The number of hydrogen-bond donors (Lipinski definition) is 1. The summed E-state index contributed by atoms with van der Waals surface area (Å²) in [7, 11) is -3.59. The Kier molecular flexibility index (Phi) is 7.53. The molecule has 1 N–H and O–H groups in total. The van der Waals surface area contributed by atoms with Crippen LogP contribution in [0, 0.1) is 6.92 Å². The molecule has 0 bridgehead atoms. The Morgan fingerprint density at radius 2 is 1.77 bits per heavy atom. The zero-order valence-electron chi connectivity index (χ0n) is 21.6. The summed E-state index contributed by atoms with van der Waals surface area (Å²) in [4.78, 5) is 30.3. The van der Waals surface area contributed by atoms with Crippen molar-refractivity contribution in [1.29, 1.82) is 0 Å². The van der Waals surface area contributed by atoms with Crippen LogP contribution in [0.15, 0.2) is 84.3 Å². The molecule has 4 aromatic rings. The summed E-state index contributed by atoms with van der Waals surface area (Å²) in [6.07, 6.45) is 7.87. The largest absolute Gasteiger partial charge is 0.378 e. The number of nitrogens with zero attached hydrogens (tertiary/aromatic N) is 5. The Labute approximate surface area is 227 Å². The molecule has 10 nitrogen and oxygen atoms in total. The lowest BCUT2D eigenvalue weighted by molar-refractivity contribution is 0.102. The van der Waals surface area contributed by atoms with Gasteiger partial charge in [-0.3, -0.25) is 14.7 Å². The second-order valence-electron chi connectivity index (χ2n) is 9.10. The van der Waals surface area contributed by atoms with Crippen LogP contribution < -0.4 is 15.1 Å². The van der Waals surface area contributed by atoms with Gasteiger partial charge in [-0.1, -0.05) is 6.07 Å². The van der Waals surface area contributed by atoms with E-state index >= 15 is 0 Å². The number of pyridine rings is 1. The van der Waals surface area contributed by atoms with Crippen LogP contribution in [0.5, 0.6) is 0 Å². The number of carbonyl (C=O) groups is 1. The molecule has 0 spiro atoms. The third-order valence-electron chi connectivity index (χ3n) is 6.34. The maximum Gasteiger partial charge on any atom is 0.255 e. The molecule has 200 valence electrons. The van der Waals surface area contributed by atoms with E-state index in [2.05, 4.69) is 20.3 Å². The van der Waals surface area contributed by atoms with Crippen molar-refractivity contribution < 1.29 is 17.9 Å². The Morgan fingerprint density at radius 3 is 2.46 bits per heavy atom. The van der Waals surface area contributed by atoms with E-state index < -0.39 is 15.7 Å². The number of ether oxygens (including phenoxy) is 1. The summed E-state index contributed by atoms with van der Waals surface area (Å²) >= 11 is 0. The minimum Gasteiger partial charge on any atom is -0.378 e. The van der Waals surface area contributed by atoms with Crippen molar-refractivity contribution in [3.05, 3.63) is 90.5 Å². The number of aromatic nitrogens is 3. The SMILES string of the molecule is Cc1ccc(NC(=O)c2ccc(N3CCOCC3)c(S(C)(=O)=O)c2)cc1N(c1cccnc1)c1ncccn1. The van der Waals surface area contributed by atoms with E-state index in [1.54, 1.807) is 49.1 Å². The lowest BCUT2D eigenvalue weighted by Gasteiger charge is -2.30. The predicted molar refractivity (Wildman–Crippen MR) is 150 cm³/mol. The molecule has 0 unspecified atom stereocenters. The monoisotopic (exact) mass is 544 g/mol. The molecule has 2 aromatic heterocycles. The fourth-order valence-corrected chi connectivity index (χ4v) is 5.32. The quantitative estimate of drug-likeness (QED) is 0.366. The number of aryl methyl sites for hydroxylation is 1. The molecule has 39 heavy (non-hydrogen) atoms. The van der Waals surface area contributed by atoms with E-state index in [1.807, 2.05) is 41.0 Å². The first-order valence-electron chi connectivity index (χ1n) is 12.4. The number of benzene rings is 2. The highest BCUT2D eigenvalue weighted by atomic mass is 32.2. The van der Waals surface area contributed by atoms with Crippen molar-refractivity contribution in [3.63, 3.8) is 0 Å². The molecule has 0 saturated carbocycles. The molecule has 0 aliphatic carbocycles. The van der Waals surface area contributed by atoms with E-state index in [0.29, 0.717) is 43.6 Å². The molecule has 1 aliphatic rings. The molecule has 1 fully saturated rings. The summed E-state index contributed by atoms with van der Waals surface area (Å²) in [6.45, 7) is 4.16. The first-order valence-corrected chi connectivity index (χ1v) is 14.3. The minimum absolute atomic E-state index is 0.116. The number of morpholine rings is 1. The second kappa shape index (κ2) is 11.2. The van der Waals surface area contributed by atoms with Gasteiger partial charge in [0.05, 0.1) is 41.4 Å². The van der Waals surface area contributed by atoms with E-state index in [1.165, 1.54) is 6.07 Å². The summed E-state index contributed by atoms with van der Waals surface area (Å²) in [5, 5.41) is 2.91. The summed E-state index contributed by atoms with van der Waals surface area (Å²) in [5.41, 5.74) is 3.79. The number of carbonyl (C=O) groups excluding carboxylic acids is 1. The lowest BCUT2D eigenvalue weighted by atomic mass is 10.1. The van der Waals surface area contributed by atoms with Crippen LogP contribution in [0.1, 0.15) is 15.9 Å². The highest BCUT2D eigenvalue weighted by molar-refractivity contribution is 7.90. The van der Waals surface area contributed by atoms with Gasteiger partial charge in [0.15, 0.2) is 9.84 Å². The second-order valence-corrected chi connectivity index (χ2v) is 11.1.